The van der Waals surface area contributed by atoms with E-state index in [0.717, 1.165) is 24.1 Å². The second-order valence-corrected chi connectivity index (χ2v) is 6.21. The quantitative estimate of drug-likeness (QED) is 0.847. The standard InChI is InChI=1S/C13H17N5O2S/c19-10-4-3-9(6-10)7-14-12(20)8-18-16-13(15-17-18)11-2-1-5-21-11/h1-2,5,9-10,19H,3-4,6-8H2,(H,14,20). The largest absolute Gasteiger partial charge is 0.393 e. The van der Waals surface area contributed by atoms with Gasteiger partial charge in [0.25, 0.3) is 0 Å². The van der Waals surface area contributed by atoms with Gasteiger partial charge in [-0.05, 0) is 41.8 Å². The molecule has 0 saturated heterocycles. The van der Waals surface area contributed by atoms with Crippen molar-refractivity contribution >= 4 is 17.2 Å². The van der Waals surface area contributed by atoms with Crippen LogP contribution in [-0.2, 0) is 11.3 Å². The fourth-order valence-electron chi connectivity index (χ4n) is 2.49. The van der Waals surface area contributed by atoms with Crippen LogP contribution in [0.15, 0.2) is 17.5 Å². The van der Waals surface area contributed by atoms with E-state index in [-0.39, 0.29) is 18.6 Å². The van der Waals surface area contributed by atoms with E-state index in [4.69, 9.17) is 0 Å². The number of tetrazole rings is 1. The fraction of sp³-hybridized carbons (Fsp3) is 0.538. The maximum absolute atomic E-state index is 11.8. The van der Waals surface area contributed by atoms with Gasteiger partial charge in [-0.2, -0.15) is 4.80 Å². The molecule has 0 aromatic carbocycles. The first-order valence-electron chi connectivity index (χ1n) is 6.97. The molecule has 3 rings (SSSR count). The summed E-state index contributed by atoms with van der Waals surface area (Å²) in [6.45, 7) is 0.663. The molecule has 112 valence electrons. The molecule has 7 nitrogen and oxygen atoms in total. The lowest BCUT2D eigenvalue weighted by Crippen LogP contribution is -2.32. The van der Waals surface area contributed by atoms with Crippen molar-refractivity contribution in [3.05, 3.63) is 17.5 Å². The lowest BCUT2D eigenvalue weighted by Gasteiger charge is -2.10. The second kappa shape index (κ2) is 6.31. The predicted molar refractivity (Wildman–Crippen MR) is 77.5 cm³/mol. The van der Waals surface area contributed by atoms with E-state index in [1.807, 2.05) is 17.5 Å². The van der Waals surface area contributed by atoms with Crippen LogP contribution >= 0.6 is 11.3 Å². The Morgan fingerprint density at radius 3 is 3.14 bits per heavy atom. The Labute approximate surface area is 126 Å². The smallest absolute Gasteiger partial charge is 0.243 e. The maximum Gasteiger partial charge on any atom is 0.243 e. The summed E-state index contributed by atoms with van der Waals surface area (Å²) in [5, 5.41) is 26.3. The van der Waals surface area contributed by atoms with Gasteiger partial charge in [0.05, 0.1) is 11.0 Å². The number of aromatic nitrogens is 4. The van der Waals surface area contributed by atoms with Gasteiger partial charge in [-0.3, -0.25) is 4.79 Å². The Morgan fingerprint density at radius 1 is 1.52 bits per heavy atom. The fourth-order valence-corrected chi connectivity index (χ4v) is 3.14. The van der Waals surface area contributed by atoms with Gasteiger partial charge in [-0.25, -0.2) is 0 Å². The minimum Gasteiger partial charge on any atom is -0.393 e. The Kier molecular flexibility index (Phi) is 4.26. The Morgan fingerprint density at radius 2 is 2.43 bits per heavy atom. The zero-order valence-corrected chi connectivity index (χ0v) is 12.3. The van der Waals surface area contributed by atoms with Crippen molar-refractivity contribution in [3.63, 3.8) is 0 Å². The molecule has 2 aromatic heterocycles. The van der Waals surface area contributed by atoms with Gasteiger partial charge in [0.15, 0.2) is 0 Å². The molecule has 0 spiro atoms. The molecule has 21 heavy (non-hydrogen) atoms. The van der Waals surface area contributed by atoms with Crippen molar-refractivity contribution in [1.29, 1.82) is 0 Å². The molecule has 2 aromatic rings. The third kappa shape index (κ3) is 3.64. The van der Waals surface area contributed by atoms with Crippen LogP contribution in [0.4, 0.5) is 0 Å². The number of aliphatic hydroxyl groups is 1. The molecular formula is C13H17N5O2S. The van der Waals surface area contributed by atoms with Crippen molar-refractivity contribution in [3.8, 4) is 10.7 Å². The molecule has 2 unspecified atom stereocenters. The maximum atomic E-state index is 11.8. The van der Waals surface area contributed by atoms with Gasteiger partial charge in [0.2, 0.25) is 11.7 Å². The van der Waals surface area contributed by atoms with Gasteiger partial charge in [0.1, 0.15) is 6.54 Å². The van der Waals surface area contributed by atoms with Gasteiger partial charge in [0, 0.05) is 6.54 Å². The molecule has 1 fully saturated rings. The van der Waals surface area contributed by atoms with Crippen LogP contribution in [0.1, 0.15) is 19.3 Å². The first kappa shape index (κ1) is 14.2. The molecule has 1 amide bonds. The van der Waals surface area contributed by atoms with E-state index in [1.54, 1.807) is 0 Å². The second-order valence-electron chi connectivity index (χ2n) is 5.26. The number of thiophene rings is 1. The van der Waals surface area contributed by atoms with Crippen molar-refractivity contribution in [2.24, 2.45) is 5.92 Å². The van der Waals surface area contributed by atoms with Crippen molar-refractivity contribution in [2.45, 2.75) is 31.9 Å². The lowest BCUT2D eigenvalue weighted by molar-refractivity contribution is -0.122. The van der Waals surface area contributed by atoms with E-state index in [9.17, 15) is 9.90 Å². The van der Waals surface area contributed by atoms with Crippen LogP contribution in [0.2, 0.25) is 0 Å². The summed E-state index contributed by atoms with van der Waals surface area (Å²) < 4.78 is 0. The molecule has 8 heteroatoms. The van der Waals surface area contributed by atoms with Gasteiger partial charge in [-0.15, -0.1) is 21.5 Å². The van der Waals surface area contributed by atoms with Crippen LogP contribution in [-0.4, -0.2) is 43.9 Å². The molecular weight excluding hydrogens is 290 g/mol. The number of rotatable bonds is 5. The highest BCUT2D eigenvalue weighted by atomic mass is 32.1. The summed E-state index contributed by atoms with van der Waals surface area (Å²) in [5.41, 5.74) is 0. The van der Waals surface area contributed by atoms with Crippen LogP contribution in [0.25, 0.3) is 10.7 Å². The molecule has 0 bridgehead atoms. The molecule has 1 aliphatic rings. The highest BCUT2D eigenvalue weighted by Gasteiger charge is 2.23. The molecule has 2 N–H and O–H groups in total. The summed E-state index contributed by atoms with van der Waals surface area (Å²) >= 11 is 1.53. The third-order valence-corrected chi connectivity index (χ3v) is 4.45. The minimum absolute atomic E-state index is 0.0631. The zero-order valence-electron chi connectivity index (χ0n) is 11.5. The summed E-state index contributed by atoms with van der Waals surface area (Å²) in [6, 6.07) is 3.83. The monoisotopic (exact) mass is 307 g/mol. The van der Waals surface area contributed by atoms with E-state index in [1.165, 1.54) is 16.1 Å². The Hall–Kier alpha value is -1.80. The van der Waals surface area contributed by atoms with Crippen LogP contribution < -0.4 is 5.32 Å². The van der Waals surface area contributed by atoms with Crippen LogP contribution in [0.3, 0.4) is 0 Å². The number of nitrogens with one attached hydrogen (secondary N) is 1. The third-order valence-electron chi connectivity index (χ3n) is 3.58. The number of hydrogen-bond donors (Lipinski definition) is 2. The lowest BCUT2D eigenvalue weighted by atomic mass is 10.1. The molecule has 0 aliphatic heterocycles. The highest BCUT2D eigenvalue weighted by molar-refractivity contribution is 7.13. The average Bonchev–Trinajstić information content (AvgIpc) is 3.16. The summed E-state index contributed by atoms with van der Waals surface area (Å²) in [4.78, 5) is 14.1. The molecule has 2 atom stereocenters. The first-order chi connectivity index (χ1) is 10.2. The van der Waals surface area contributed by atoms with Gasteiger partial charge in [-0.1, -0.05) is 6.07 Å². The normalized spacial score (nSPS) is 21.6. The molecule has 2 heterocycles. The summed E-state index contributed by atoms with van der Waals surface area (Å²) in [5.74, 6) is 0.776. The van der Waals surface area contributed by atoms with Crippen molar-refractivity contribution in [1.82, 2.24) is 25.5 Å². The Balaban J connectivity index is 1.49. The van der Waals surface area contributed by atoms with Crippen LogP contribution in [0.5, 0.6) is 0 Å². The van der Waals surface area contributed by atoms with Crippen molar-refractivity contribution < 1.29 is 9.90 Å². The Bertz CT molecular complexity index is 597. The zero-order chi connectivity index (χ0) is 14.7. The summed E-state index contributed by atoms with van der Waals surface area (Å²) in [6.07, 6.45) is 2.35. The topological polar surface area (TPSA) is 92.9 Å². The van der Waals surface area contributed by atoms with E-state index >= 15 is 0 Å². The number of nitrogens with zero attached hydrogens (tertiary/aromatic N) is 4. The average molecular weight is 307 g/mol. The first-order valence-corrected chi connectivity index (χ1v) is 7.85. The van der Waals surface area contributed by atoms with E-state index < -0.39 is 0 Å². The number of carbonyl (C=O) groups excluding carboxylic acids is 1. The number of aliphatic hydroxyl groups excluding tert-OH is 1. The highest BCUT2D eigenvalue weighted by Crippen LogP contribution is 2.24. The van der Waals surface area contributed by atoms with Gasteiger partial charge < -0.3 is 10.4 Å². The van der Waals surface area contributed by atoms with E-state index in [2.05, 4.69) is 20.7 Å². The number of carbonyl (C=O) groups is 1. The minimum atomic E-state index is -0.211. The van der Waals surface area contributed by atoms with E-state index in [0.29, 0.717) is 18.3 Å². The predicted octanol–water partition coefficient (Wildman–Crippen LogP) is 0.679. The van der Waals surface area contributed by atoms with Crippen molar-refractivity contribution in [2.75, 3.05) is 6.54 Å². The summed E-state index contributed by atoms with van der Waals surface area (Å²) in [7, 11) is 0. The molecule has 1 aliphatic carbocycles. The molecule has 1 saturated carbocycles. The molecule has 0 radical (unpaired) electrons. The number of hydrogen-bond acceptors (Lipinski definition) is 6. The SMILES string of the molecule is O=C(Cn1nnc(-c2cccs2)n1)NCC1CCC(O)C1. The number of amides is 1. The van der Waals surface area contributed by atoms with Crippen LogP contribution in [0, 0.1) is 5.92 Å². The van der Waals surface area contributed by atoms with Gasteiger partial charge >= 0.3 is 0 Å².